The van der Waals surface area contributed by atoms with E-state index in [1.54, 1.807) is 12.1 Å². The normalized spacial score (nSPS) is 17.2. The third kappa shape index (κ3) is 3.28. The van der Waals surface area contributed by atoms with Crippen LogP contribution >= 0.6 is 11.8 Å². The molecule has 1 aliphatic rings. The lowest BCUT2D eigenvalue weighted by Crippen LogP contribution is -2.32. The molecule has 1 aliphatic heterocycles. The Labute approximate surface area is 148 Å². The van der Waals surface area contributed by atoms with Gasteiger partial charge in [-0.05, 0) is 30.2 Å². The highest BCUT2D eigenvalue weighted by Gasteiger charge is 2.41. The molecule has 1 fully saturated rings. The number of hydrogen-bond acceptors (Lipinski definition) is 5. The highest BCUT2D eigenvalue weighted by atomic mass is 32.2. The number of hydrogen-bond donors (Lipinski definition) is 1. The first-order valence-corrected chi connectivity index (χ1v) is 8.70. The number of para-hydroxylation sites is 1. The number of carbonyl (C=O) groups excluding carboxylic acids is 2. The summed E-state index contributed by atoms with van der Waals surface area (Å²) in [6, 6.07) is 10.3. The summed E-state index contributed by atoms with van der Waals surface area (Å²) in [7, 11) is 0. The lowest BCUT2D eigenvalue weighted by molar-refractivity contribution is -0.121. The minimum atomic E-state index is -1.11. The van der Waals surface area contributed by atoms with Gasteiger partial charge in [0, 0.05) is 12.6 Å². The number of aromatic nitrogens is 1. The van der Waals surface area contributed by atoms with Crippen molar-refractivity contribution in [3.8, 4) is 0 Å². The molecule has 1 N–H and O–H groups in total. The monoisotopic (exact) mass is 356 g/mol. The Balaban J connectivity index is 1.89. The number of benzene rings is 1. The number of thioether (sulfide) groups is 1. The van der Waals surface area contributed by atoms with E-state index in [0.717, 1.165) is 17.3 Å². The number of pyridine rings is 1. The van der Waals surface area contributed by atoms with Gasteiger partial charge in [0.15, 0.2) is 0 Å². The smallest absolute Gasteiger partial charge is 0.338 e. The fraction of sp³-hybridized carbons (Fsp3) is 0.222. The molecule has 0 spiro atoms. The Morgan fingerprint density at radius 3 is 2.76 bits per heavy atom. The van der Waals surface area contributed by atoms with Crippen LogP contribution in [0.2, 0.25) is 0 Å². The van der Waals surface area contributed by atoms with Crippen LogP contribution in [0.3, 0.4) is 0 Å². The Morgan fingerprint density at radius 1 is 1.28 bits per heavy atom. The second-order valence-corrected chi connectivity index (χ2v) is 6.71. The standard InChI is InChI=1S/C18H16N2O4S/c1-2-11-6-3-4-8-13(11)20-15(21)10-14(17(20)22)25-16-12(18(23)24)7-5-9-19-16/h3-9,14H,2,10H2,1H3,(H,23,24). The Kier molecular flexibility index (Phi) is 4.85. The number of carboxylic acid groups (broad SMARTS) is 1. The number of aromatic carboxylic acids is 1. The number of imide groups is 1. The average molecular weight is 356 g/mol. The topological polar surface area (TPSA) is 87.6 Å². The first kappa shape index (κ1) is 17.2. The molecular weight excluding hydrogens is 340 g/mol. The number of anilines is 1. The van der Waals surface area contributed by atoms with Crippen LogP contribution in [-0.4, -0.2) is 33.1 Å². The van der Waals surface area contributed by atoms with Crippen LogP contribution in [0.4, 0.5) is 5.69 Å². The molecule has 0 saturated carbocycles. The molecule has 128 valence electrons. The largest absolute Gasteiger partial charge is 0.478 e. The molecule has 2 amide bonds. The third-order valence-electron chi connectivity index (χ3n) is 3.97. The molecule has 0 bridgehead atoms. The summed E-state index contributed by atoms with van der Waals surface area (Å²) in [6.45, 7) is 1.96. The molecule has 1 aromatic heterocycles. The summed E-state index contributed by atoms with van der Waals surface area (Å²) in [5.74, 6) is -1.73. The number of amides is 2. The van der Waals surface area contributed by atoms with E-state index in [-0.39, 0.29) is 28.8 Å². The summed E-state index contributed by atoms with van der Waals surface area (Å²) < 4.78 is 0. The van der Waals surface area contributed by atoms with E-state index in [2.05, 4.69) is 4.98 Å². The van der Waals surface area contributed by atoms with Crippen LogP contribution < -0.4 is 4.90 Å². The molecule has 2 aromatic rings. The van der Waals surface area contributed by atoms with Crippen molar-refractivity contribution in [3.05, 3.63) is 53.7 Å². The van der Waals surface area contributed by atoms with Gasteiger partial charge in [0.25, 0.3) is 0 Å². The molecule has 1 saturated heterocycles. The van der Waals surface area contributed by atoms with Crippen molar-refractivity contribution in [1.29, 1.82) is 0 Å². The van der Waals surface area contributed by atoms with Crippen LogP contribution in [0.15, 0.2) is 47.6 Å². The number of rotatable bonds is 5. The van der Waals surface area contributed by atoms with E-state index in [4.69, 9.17) is 0 Å². The first-order valence-electron chi connectivity index (χ1n) is 7.82. The number of carboxylic acids is 1. The van der Waals surface area contributed by atoms with Gasteiger partial charge in [0.05, 0.1) is 16.5 Å². The Bertz CT molecular complexity index is 852. The zero-order valence-corrected chi connectivity index (χ0v) is 14.3. The molecule has 2 heterocycles. The molecule has 1 atom stereocenters. The van der Waals surface area contributed by atoms with Gasteiger partial charge >= 0.3 is 5.97 Å². The Hall–Kier alpha value is -2.67. The molecular formula is C18H16N2O4S. The summed E-state index contributed by atoms with van der Waals surface area (Å²) in [5.41, 5.74) is 1.54. The minimum absolute atomic E-state index is 0.0250. The maximum Gasteiger partial charge on any atom is 0.338 e. The van der Waals surface area contributed by atoms with Gasteiger partial charge < -0.3 is 5.11 Å². The van der Waals surface area contributed by atoms with E-state index in [0.29, 0.717) is 12.1 Å². The van der Waals surface area contributed by atoms with E-state index < -0.39 is 11.2 Å². The van der Waals surface area contributed by atoms with Crippen molar-refractivity contribution < 1.29 is 19.5 Å². The maximum atomic E-state index is 12.8. The van der Waals surface area contributed by atoms with Crippen molar-refractivity contribution in [2.24, 2.45) is 0 Å². The first-order chi connectivity index (χ1) is 12.0. The fourth-order valence-corrected chi connectivity index (χ4v) is 3.87. The number of carbonyl (C=O) groups is 3. The van der Waals surface area contributed by atoms with Crippen LogP contribution in [0.25, 0.3) is 0 Å². The zero-order chi connectivity index (χ0) is 18.0. The van der Waals surface area contributed by atoms with Gasteiger partial charge in [-0.3, -0.25) is 9.59 Å². The van der Waals surface area contributed by atoms with E-state index >= 15 is 0 Å². The van der Waals surface area contributed by atoms with Gasteiger partial charge in [0.1, 0.15) is 5.03 Å². The Morgan fingerprint density at radius 2 is 2.04 bits per heavy atom. The molecule has 25 heavy (non-hydrogen) atoms. The number of nitrogens with zero attached hydrogens (tertiary/aromatic N) is 2. The summed E-state index contributed by atoms with van der Waals surface area (Å²) >= 11 is 1.03. The van der Waals surface area contributed by atoms with Gasteiger partial charge in [-0.25, -0.2) is 14.7 Å². The van der Waals surface area contributed by atoms with Gasteiger partial charge in [0.2, 0.25) is 11.8 Å². The van der Waals surface area contributed by atoms with Crippen LogP contribution in [-0.2, 0) is 16.0 Å². The van der Waals surface area contributed by atoms with E-state index in [1.807, 2.05) is 19.1 Å². The summed E-state index contributed by atoms with van der Waals surface area (Å²) in [4.78, 5) is 41.8. The maximum absolute atomic E-state index is 12.8. The minimum Gasteiger partial charge on any atom is -0.478 e. The predicted molar refractivity (Wildman–Crippen MR) is 93.8 cm³/mol. The molecule has 1 unspecified atom stereocenters. The highest BCUT2D eigenvalue weighted by Crippen LogP contribution is 2.35. The van der Waals surface area contributed by atoms with Crippen molar-refractivity contribution in [2.75, 3.05) is 4.90 Å². The SMILES string of the molecule is CCc1ccccc1N1C(=O)CC(Sc2ncccc2C(=O)O)C1=O. The zero-order valence-electron chi connectivity index (χ0n) is 13.5. The van der Waals surface area contributed by atoms with E-state index in [9.17, 15) is 19.5 Å². The van der Waals surface area contributed by atoms with Crippen molar-refractivity contribution >= 4 is 35.2 Å². The molecule has 0 aliphatic carbocycles. The van der Waals surface area contributed by atoms with Crippen molar-refractivity contribution in [1.82, 2.24) is 4.98 Å². The highest BCUT2D eigenvalue weighted by molar-refractivity contribution is 8.00. The molecule has 6 nitrogen and oxygen atoms in total. The lowest BCUT2D eigenvalue weighted by Gasteiger charge is -2.18. The average Bonchev–Trinajstić information content (AvgIpc) is 2.88. The van der Waals surface area contributed by atoms with Crippen molar-refractivity contribution in [3.63, 3.8) is 0 Å². The van der Waals surface area contributed by atoms with Gasteiger partial charge in [-0.2, -0.15) is 0 Å². The molecule has 3 rings (SSSR count). The lowest BCUT2D eigenvalue weighted by atomic mass is 10.1. The molecule has 0 radical (unpaired) electrons. The van der Waals surface area contributed by atoms with E-state index in [1.165, 1.54) is 23.2 Å². The summed E-state index contributed by atoms with van der Waals surface area (Å²) in [5, 5.41) is 8.81. The van der Waals surface area contributed by atoms with Crippen molar-refractivity contribution in [2.45, 2.75) is 30.0 Å². The third-order valence-corrected chi connectivity index (χ3v) is 5.18. The van der Waals surface area contributed by atoms with Crippen LogP contribution in [0.1, 0.15) is 29.3 Å². The van der Waals surface area contributed by atoms with Crippen LogP contribution in [0.5, 0.6) is 0 Å². The predicted octanol–water partition coefficient (Wildman–Crippen LogP) is 2.77. The second-order valence-electron chi connectivity index (χ2n) is 5.52. The van der Waals surface area contributed by atoms with Crippen LogP contribution in [0, 0.1) is 0 Å². The quantitative estimate of drug-likeness (QED) is 0.829. The van der Waals surface area contributed by atoms with Gasteiger partial charge in [-0.15, -0.1) is 0 Å². The fourth-order valence-electron chi connectivity index (χ4n) is 2.76. The molecule has 7 heteroatoms. The molecule has 1 aromatic carbocycles. The number of aryl methyl sites for hydroxylation is 1. The second kappa shape index (κ2) is 7.06. The van der Waals surface area contributed by atoms with Gasteiger partial charge in [-0.1, -0.05) is 36.9 Å². The summed E-state index contributed by atoms with van der Waals surface area (Å²) in [6.07, 6.45) is 2.20.